The van der Waals surface area contributed by atoms with Gasteiger partial charge in [-0.05, 0) is 37.1 Å². The van der Waals surface area contributed by atoms with Gasteiger partial charge in [-0.1, -0.05) is 24.4 Å². The molecule has 0 aliphatic heterocycles. The van der Waals surface area contributed by atoms with Gasteiger partial charge in [0.05, 0.1) is 17.7 Å². The summed E-state index contributed by atoms with van der Waals surface area (Å²) in [6, 6.07) is 7.79. The normalized spacial score (nSPS) is 23.5. The molecule has 1 heterocycles. The highest BCUT2D eigenvalue weighted by molar-refractivity contribution is 6.31. The fraction of sp³-hybridized carbons (Fsp3) is 0.400. The van der Waals surface area contributed by atoms with Crippen LogP contribution in [0.5, 0.6) is 0 Å². The summed E-state index contributed by atoms with van der Waals surface area (Å²) >= 11 is 5.99. The van der Waals surface area contributed by atoms with Crippen molar-refractivity contribution < 1.29 is 5.11 Å². The Kier molecular flexibility index (Phi) is 3.58. The van der Waals surface area contributed by atoms with E-state index in [9.17, 15) is 5.11 Å². The summed E-state index contributed by atoms with van der Waals surface area (Å²) in [5, 5.41) is 15.2. The molecule has 2 N–H and O–H groups in total. The number of hydrogen-bond donors (Lipinski definition) is 2. The van der Waals surface area contributed by atoms with Crippen LogP contribution in [0, 0.1) is 0 Å². The van der Waals surface area contributed by atoms with Gasteiger partial charge in [-0.15, -0.1) is 0 Å². The first-order valence-corrected chi connectivity index (χ1v) is 7.11. The van der Waals surface area contributed by atoms with E-state index in [4.69, 9.17) is 11.6 Å². The smallest absolute Gasteiger partial charge is 0.0741 e. The largest absolute Gasteiger partial charge is 0.391 e. The zero-order valence-corrected chi connectivity index (χ0v) is 11.4. The van der Waals surface area contributed by atoms with Gasteiger partial charge in [0.25, 0.3) is 0 Å². The number of aliphatic hydroxyl groups excluding tert-OH is 1. The van der Waals surface area contributed by atoms with Gasteiger partial charge in [0.15, 0.2) is 0 Å². The molecular formula is C15H17ClN2O. The van der Waals surface area contributed by atoms with E-state index in [1.54, 1.807) is 6.20 Å². The Morgan fingerprint density at radius 2 is 2.05 bits per heavy atom. The van der Waals surface area contributed by atoms with Crippen molar-refractivity contribution in [2.75, 3.05) is 5.32 Å². The van der Waals surface area contributed by atoms with Crippen molar-refractivity contribution in [1.29, 1.82) is 0 Å². The molecule has 100 valence electrons. The van der Waals surface area contributed by atoms with Gasteiger partial charge >= 0.3 is 0 Å². The molecule has 1 aliphatic rings. The summed E-state index contributed by atoms with van der Waals surface area (Å²) in [4.78, 5) is 4.33. The van der Waals surface area contributed by atoms with Crippen molar-refractivity contribution in [3.05, 3.63) is 35.5 Å². The monoisotopic (exact) mass is 276 g/mol. The Morgan fingerprint density at radius 1 is 1.21 bits per heavy atom. The molecule has 4 heteroatoms. The Labute approximate surface area is 117 Å². The molecule has 1 aromatic heterocycles. The van der Waals surface area contributed by atoms with Crippen LogP contribution in [0.3, 0.4) is 0 Å². The lowest BCUT2D eigenvalue weighted by atomic mass is 9.92. The third-order valence-electron chi connectivity index (χ3n) is 3.78. The first-order valence-electron chi connectivity index (χ1n) is 6.73. The molecule has 1 aliphatic carbocycles. The summed E-state index contributed by atoms with van der Waals surface area (Å²) in [5.74, 6) is 0. The number of nitrogens with zero attached hydrogens (tertiary/aromatic N) is 1. The van der Waals surface area contributed by atoms with Gasteiger partial charge in [0, 0.05) is 22.3 Å². The average Bonchev–Trinajstić information content (AvgIpc) is 2.41. The lowest BCUT2D eigenvalue weighted by Crippen LogP contribution is -2.36. The topological polar surface area (TPSA) is 45.1 Å². The molecule has 0 saturated heterocycles. The second kappa shape index (κ2) is 5.35. The molecule has 1 saturated carbocycles. The highest BCUT2D eigenvalue weighted by Crippen LogP contribution is 2.28. The summed E-state index contributed by atoms with van der Waals surface area (Å²) in [5.41, 5.74) is 1.90. The number of anilines is 1. The van der Waals surface area contributed by atoms with Gasteiger partial charge in [0.1, 0.15) is 0 Å². The van der Waals surface area contributed by atoms with Gasteiger partial charge in [-0.2, -0.15) is 0 Å². The first kappa shape index (κ1) is 12.7. The summed E-state index contributed by atoms with van der Waals surface area (Å²) in [6.45, 7) is 0. The Bertz CT molecular complexity index is 587. The van der Waals surface area contributed by atoms with Crippen LogP contribution in [0.2, 0.25) is 5.02 Å². The summed E-state index contributed by atoms with van der Waals surface area (Å²) in [6.07, 6.45) is 5.70. The second-order valence-corrected chi connectivity index (χ2v) is 5.56. The fourth-order valence-electron chi connectivity index (χ4n) is 2.73. The number of benzene rings is 1. The van der Waals surface area contributed by atoms with Crippen LogP contribution in [-0.4, -0.2) is 22.2 Å². The van der Waals surface area contributed by atoms with Crippen LogP contribution in [0.1, 0.15) is 25.7 Å². The molecular weight excluding hydrogens is 260 g/mol. The molecule has 0 bridgehead atoms. The van der Waals surface area contributed by atoms with Gasteiger partial charge in [-0.25, -0.2) is 0 Å². The second-order valence-electron chi connectivity index (χ2n) is 5.12. The number of nitrogens with one attached hydrogen (secondary N) is 1. The van der Waals surface area contributed by atoms with Gasteiger partial charge in [-0.3, -0.25) is 4.98 Å². The van der Waals surface area contributed by atoms with E-state index in [1.165, 1.54) is 6.42 Å². The molecule has 2 atom stereocenters. The molecule has 3 rings (SSSR count). The van der Waals surface area contributed by atoms with E-state index in [2.05, 4.69) is 10.3 Å². The van der Waals surface area contributed by atoms with Crippen molar-refractivity contribution in [2.24, 2.45) is 0 Å². The molecule has 0 spiro atoms. The van der Waals surface area contributed by atoms with E-state index in [0.717, 1.165) is 35.9 Å². The van der Waals surface area contributed by atoms with Crippen molar-refractivity contribution in [2.45, 2.75) is 37.8 Å². The molecule has 0 unspecified atom stereocenters. The lowest BCUT2D eigenvalue weighted by molar-refractivity contribution is 0.116. The number of halogens is 1. The van der Waals surface area contributed by atoms with E-state index in [-0.39, 0.29) is 12.1 Å². The molecule has 0 radical (unpaired) electrons. The number of pyridine rings is 1. The SMILES string of the molecule is O[C@H]1CCCC[C@@H]1Nc1ccnc2cc(Cl)ccc12. The summed E-state index contributed by atoms with van der Waals surface area (Å²) < 4.78 is 0. The molecule has 0 amide bonds. The first-order chi connectivity index (χ1) is 9.24. The van der Waals surface area contributed by atoms with Crippen LogP contribution >= 0.6 is 11.6 Å². The average molecular weight is 277 g/mol. The van der Waals surface area contributed by atoms with Crippen LogP contribution in [0.25, 0.3) is 10.9 Å². The predicted molar refractivity (Wildman–Crippen MR) is 78.6 cm³/mol. The predicted octanol–water partition coefficient (Wildman–Crippen LogP) is 3.60. The number of aromatic nitrogens is 1. The standard InChI is InChI=1S/C15H17ClN2O/c16-10-5-6-11-12(7-8-17-14(11)9-10)18-13-3-1-2-4-15(13)19/h5-9,13,15,19H,1-4H2,(H,17,18)/t13-,15-/m0/s1. The highest BCUT2D eigenvalue weighted by Gasteiger charge is 2.23. The van der Waals surface area contributed by atoms with Gasteiger partial charge < -0.3 is 10.4 Å². The third-order valence-corrected chi connectivity index (χ3v) is 4.01. The van der Waals surface area contributed by atoms with Crippen molar-refractivity contribution in [1.82, 2.24) is 4.98 Å². The lowest BCUT2D eigenvalue weighted by Gasteiger charge is -2.29. The van der Waals surface area contributed by atoms with Gasteiger partial charge in [0.2, 0.25) is 0 Å². The van der Waals surface area contributed by atoms with Crippen LogP contribution in [0.15, 0.2) is 30.5 Å². The molecule has 1 aromatic carbocycles. The van der Waals surface area contributed by atoms with E-state index >= 15 is 0 Å². The minimum atomic E-state index is -0.260. The molecule has 2 aromatic rings. The minimum Gasteiger partial charge on any atom is -0.391 e. The van der Waals surface area contributed by atoms with E-state index < -0.39 is 0 Å². The zero-order valence-electron chi connectivity index (χ0n) is 10.6. The Hall–Kier alpha value is -1.32. The third kappa shape index (κ3) is 2.67. The fourth-order valence-corrected chi connectivity index (χ4v) is 2.89. The number of hydrogen-bond acceptors (Lipinski definition) is 3. The zero-order chi connectivity index (χ0) is 13.2. The molecule has 19 heavy (non-hydrogen) atoms. The maximum Gasteiger partial charge on any atom is 0.0741 e. The Balaban J connectivity index is 1.92. The van der Waals surface area contributed by atoms with E-state index in [0.29, 0.717) is 5.02 Å². The maximum atomic E-state index is 10.0. The number of aliphatic hydroxyl groups is 1. The molecule has 1 fully saturated rings. The quantitative estimate of drug-likeness (QED) is 0.881. The molecule has 3 nitrogen and oxygen atoms in total. The number of fused-ring (bicyclic) bond motifs is 1. The van der Waals surface area contributed by atoms with E-state index in [1.807, 2.05) is 24.3 Å². The summed E-state index contributed by atoms with van der Waals surface area (Å²) in [7, 11) is 0. The maximum absolute atomic E-state index is 10.0. The van der Waals surface area contributed by atoms with Crippen molar-refractivity contribution in [3.63, 3.8) is 0 Å². The highest BCUT2D eigenvalue weighted by atomic mass is 35.5. The van der Waals surface area contributed by atoms with Crippen molar-refractivity contribution in [3.8, 4) is 0 Å². The van der Waals surface area contributed by atoms with Crippen molar-refractivity contribution >= 4 is 28.2 Å². The van der Waals surface area contributed by atoms with Crippen LogP contribution < -0.4 is 5.32 Å². The Morgan fingerprint density at radius 3 is 2.89 bits per heavy atom. The van der Waals surface area contributed by atoms with Crippen LogP contribution in [-0.2, 0) is 0 Å². The minimum absolute atomic E-state index is 0.134. The number of rotatable bonds is 2. The van der Waals surface area contributed by atoms with Crippen LogP contribution in [0.4, 0.5) is 5.69 Å².